The molecule has 1 saturated heterocycles. The number of nitrogens with one attached hydrogen (secondary N) is 2. The molecule has 1 aromatic heterocycles. The molecule has 2 heterocycles. The number of piperidine rings is 1. The lowest BCUT2D eigenvalue weighted by Gasteiger charge is -2.24. The Morgan fingerprint density at radius 2 is 2.39 bits per heavy atom. The molecule has 0 radical (unpaired) electrons. The van der Waals surface area contributed by atoms with Crippen LogP contribution in [0.5, 0.6) is 0 Å². The van der Waals surface area contributed by atoms with Gasteiger partial charge in [0.15, 0.2) is 0 Å². The first-order chi connectivity index (χ1) is 8.59. The predicted molar refractivity (Wildman–Crippen MR) is 70.6 cm³/mol. The number of hydrogen-bond donors (Lipinski definition) is 3. The van der Waals surface area contributed by atoms with Gasteiger partial charge in [0, 0.05) is 19.6 Å². The van der Waals surface area contributed by atoms with E-state index in [1.54, 1.807) is 11.6 Å². The SMILES string of the molecule is Cc1nn(C)c(NCC2CCCCN2)c1C(N)=O. The van der Waals surface area contributed by atoms with Crippen LogP contribution in [0.1, 0.15) is 35.3 Å². The Morgan fingerprint density at radius 3 is 3.00 bits per heavy atom. The van der Waals surface area contributed by atoms with Crippen LogP contribution in [-0.4, -0.2) is 34.8 Å². The molecule has 1 aromatic rings. The fraction of sp³-hybridized carbons (Fsp3) is 0.667. The van der Waals surface area contributed by atoms with E-state index in [9.17, 15) is 4.79 Å². The zero-order chi connectivity index (χ0) is 13.1. The smallest absolute Gasteiger partial charge is 0.254 e. The van der Waals surface area contributed by atoms with Crippen molar-refractivity contribution in [2.75, 3.05) is 18.4 Å². The van der Waals surface area contributed by atoms with Crippen molar-refractivity contribution in [3.63, 3.8) is 0 Å². The lowest BCUT2D eigenvalue weighted by molar-refractivity contribution is 0.100. The van der Waals surface area contributed by atoms with Crippen molar-refractivity contribution >= 4 is 11.7 Å². The van der Waals surface area contributed by atoms with Gasteiger partial charge in [-0.05, 0) is 26.3 Å². The molecule has 4 N–H and O–H groups in total. The molecule has 1 aliphatic rings. The Kier molecular flexibility index (Phi) is 3.86. The van der Waals surface area contributed by atoms with E-state index >= 15 is 0 Å². The molecule has 2 rings (SSSR count). The van der Waals surface area contributed by atoms with Gasteiger partial charge in [-0.2, -0.15) is 5.10 Å². The first-order valence-corrected chi connectivity index (χ1v) is 6.40. The number of rotatable bonds is 4. The molecule has 0 spiro atoms. The number of primary amides is 1. The first kappa shape index (κ1) is 12.9. The number of aryl methyl sites for hydroxylation is 2. The lowest BCUT2D eigenvalue weighted by atomic mass is 10.1. The topological polar surface area (TPSA) is 85.0 Å². The summed E-state index contributed by atoms with van der Waals surface area (Å²) in [6, 6.07) is 0.453. The van der Waals surface area contributed by atoms with E-state index in [0.29, 0.717) is 23.1 Å². The van der Waals surface area contributed by atoms with Gasteiger partial charge in [0.05, 0.1) is 5.69 Å². The summed E-state index contributed by atoms with van der Waals surface area (Å²) < 4.78 is 1.68. The van der Waals surface area contributed by atoms with Gasteiger partial charge in [-0.3, -0.25) is 9.48 Å². The summed E-state index contributed by atoms with van der Waals surface area (Å²) in [7, 11) is 1.82. The van der Waals surface area contributed by atoms with Crippen LogP contribution < -0.4 is 16.4 Å². The van der Waals surface area contributed by atoms with Crippen LogP contribution in [0, 0.1) is 6.92 Å². The van der Waals surface area contributed by atoms with Gasteiger partial charge in [0.2, 0.25) is 0 Å². The second kappa shape index (κ2) is 5.39. The summed E-state index contributed by atoms with van der Waals surface area (Å²) in [6.07, 6.45) is 3.66. The number of carbonyl (C=O) groups is 1. The highest BCUT2D eigenvalue weighted by Crippen LogP contribution is 2.18. The van der Waals surface area contributed by atoms with E-state index in [1.807, 2.05) is 7.05 Å². The Hall–Kier alpha value is -1.56. The van der Waals surface area contributed by atoms with Gasteiger partial charge in [0.1, 0.15) is 11.4 Å². The summed E-state index contributed by atoms with van der Waals surface area (Å²) in [5, 5.41) is 11.0. The van der Waals surface area contributed by atoms with E-state index in [0.717, 1.165) is 19.5 Å². The van der Waals surface area contributed by atoms with Gasteiger partial charge in [-0.25, -0.2) is 0 Å². The third-order valence-electron chi connectivity index (χ3n) is 3.40. The molecule has 18 heavy (non-hydrogen) atoms. The summed E-state index contributed by atoms with van der Waals surface area (Å²) >= 11 is 0. The van der Waals surface area contributed by atoms with Crippen LogP contribution in [0.2, 0.25) is 0 Å². The van der Waals surface area contributed by atoms with Crippen LogP contribution in [-0.2, 0) is 7.05 Å². The Morgan fingerprint density at radius 1 is 1.61 bits per heavy atom. The summed E-state index contributed by atoms with van der Waals surface area (Å²) in [5.74, 6) is 0.284. The number of aromatic nitrogens is 2. The largest absolute Gasteiger partial charge is 0.368 e. The van der Waals surface area contributed by atoms with Gasteiger partial charge in [-0.15, -0.1) is 0 Å². The van der Waals surface area contributed by atoms with Crippen molar-refractivity contribution in [1.82, 2.24) is 15.1 Å². The molecule has 0 aromatic carbocycles. The van der Waals surface area contributed by atoms with Crippen LogP contribution in [0.4, 0.5) is 5.82 Å². The molecule has 6 nitrogen and oxygen atoms in total. The molecule has 1 fully saturated rings. The molecule has 1 atom stereocenters. The number of carbonyl (C=O) groups excluding carboxylic acids is 1. The fourth-order valence-electron chi connectivity index (χ4n) is 2.47. The average molecular weight is 251 g/mol. The third-order valence-corrected chi connectivity index (χ3v) is 3.40. The molecule has 1 aliphatic heterocycles. The van der Waals surface area contributed by atoms with E-state index < -0.39 is 5.91 Å². The van der Waals surface area contributed by atoms with Crippen molar-refractivity contribution in [1.29, 1.82) is 0 Å². The Labute approximate surface area is 107 Å². The van der Waals surface area contributed by atoms with Gasteiger partial charge < -0.3 is 16.4 Å². The maximum Gasteiger partial charge on any atom is 0.254 e. The van der Waals surface area contributed by atoms with E-state index in [2.05, 4.69) is 15.7 Å². The van der Waals surface area contributed by atoms with E-state index in [4.69, 9.17) is 5.73 Å². The first-order valence-electron chi connectivity index (χ1n) is 6.40. The van der Waals surface area contributed by atoms with E-state index in [-0.39, 0.29) is 0 Å². The molecule has 1 amide bonds. The van der Waals surface area contributed by atoms with Crippen molar-refractivity contribution in [3.8, 4) is 0 Å². The van der Waals surface area contributed by atoms with E-state index in [1.165, 1.54) is 12.8 Å². The highest BCUT2D eigenvalue weighted by Gasteiger charge is 2.19. The zero-order valence-corrected chi connectivity index (χ0v) is 11.0. The molecule has 100 valence electrons. The average Bonchev–Trinajstić information content (AvgIpc) is 2.62. The minimum absolute atomic E-state index is 0.431. The molecule has 0 bridgehead atoms. The number of nitrogens with zero attached hydrogens (tertiary/aromatic N) is 2. The number of nitrogens with two attached hydrogens (primary N) is 1. The van der Waals surface area contributed by atoms with Crippen LogP contribution >= 0.6 is 0 Å². The zero-order valence-electron chi connectivity index (χ0n) is 11.0. The van der Waals surface area contributed by atoms with Crippen LogP contribution in [0.3, 0.4) is 0 Å². The summed E-state index contributed by atoms with van der Waals surface area (Å²) in [6.45, 7) is 3.66. The minimum Gasteiger partial charge on any atom is -0.368 e. The van der Waals surface area contributed by atoms with Crippen molar-refractivity contribution in [2.45, 2.75) is 32.2 Å². The van der Waals surface area contributed by atoms with Gasteiger partial charge in [-0.1, -0.05) is 6.42 Å². The van der Waals surface area contributed by atoms with Crippen molar-refractivity contribution in [3.05, 3.63) is 11.3 Å². The highest BCUT2D eigenvalue weighted by atomic mass is 16.1. The molecular formula is C12H21N5O. The number of amides is 1. The fourth-order valence-corrected chi connectivity index (χ4v) is 2.47. The molecule has 0 saturated carbocycles. The van der Waals surface area contributed by atoms with Gasteiger partial charge in [0.25, 0.3) is 5.91 Å². The number of hydrogen-bond acceptors (Lipinski definition) is 4. The van der Waals surface area contributed by atoms with Crippen LogP contribution in [0.25, 0.3) is 0 Å². The molecule has 1 unspecified atom stereocenters. The molecule has 6 heteroatoms. The second-order valence-electron chi connectivity index (χ2n) is 4.82. The van der Waals surface area contributed by atoms with Gasteiger partial charge >= 0.3 is 0 Å². The third kappa shape index (κ3) is 2.64. The maximum atomic E-state index is 11.4. The lowest BCUT2D eigenvalue weighted by Crippen LogP contribution is -2.39. The standard InChI is InChI=1S/C12H21N5O/c1-8-10(11(13)18)12(17(2)16-8)15-7-9-5-3-4-6-14-9/h9,14-15H,3-7H2,1-2H3,(H2,13,18). The van der Waals surface area contributed by atoms with Crippen molar-refractivity contribution < 1.29 is 4.79 Å². The normalized spacial score (nSPS) is 19.8. The summed E-state index contributed by atoms with van der Waals surface area (Å²) in [4.78, 5) is 11.4. The monoisotopic (exact) mass is 251 g/mol. The Bertz CT molecular complexity index is 434. The number of anilines is 1. The maximum absolute atomic E-state index is 11.4. The second-order valence-corrected chi connectivity index (χ2v) is 4.82. The predicted octanol–water partition coefficient (Wildman–Crippen LogP) is 0.381. The minimum atomic E-state index is -0.431. The highest BCUT2D eigenvalue weighted by molar-refractivity contribution is 5.98. The molecular weight excluding hydrogens is 230 g/mol. The molecule has 0 aliphatic carbocycles. The Balaban J connectivity index is 2.06. The van der Waals surface area contributed by atoms with Crippen molar-refractivity contribution in [2.24, 2.45) is 12.8 Å². The van der Waals surface area contributed by atoms with Crippen LogP contribution in [0.15, 0.2) is 0 Å². The summed E-state index contributed by atoms with van der Waals surface area (Å²) in [5.41, 5.74) is 6.55. The quantitative estimate of drug-likeness (QED) is 0.722.